The molecule has 2 heterocycles. The van der Waals surface area contributed by atoms with Crippen LogP contribution in [0.4, 0.5) is 5.69 Å². The second-order valence-corrected chi connectivity index (χ2v) is 8.14. The van der Waals surface area contributed by atoms with Gasteiger partial charge in [0, 0.05) is 31.9 Å². The van der Waals surface area contributed by atoms with Crippen LogP contribution in [0.1, 0.15) is 25.7 Å². The van der Waals surface area contributed by atoms with Gasteiger partial charge in [0.15, 0.2) is 0 Å². The van der Waals surface area contributed by atoms with Gasteiger partial charge in [0.25, 0.3) is 0 Å². The van der Waals surface area contributed by atoms with Crippen molar-refractivity contribution in [2.24, 2.45) is 5.92 Å². The third-order valence-electron chi connectivity index (χ3n) is 4.75. The second-order valence-electron chi connectivity index (χ2n) is 6.20. The van der Waals surface area contributed by atoms with Gasteiger partial charge in [0.2, 0.25) is 10.0 Å². The molecule has 0 bridgehead atoms. The molecule has 0 unspecified atom stereocenters. The van der Waals surface area contributed by atoms with E-state index < -0.39 is 16.0 Å². The molecule has 2 saturated heterocycles. The van der Waals surface area contributed by atoms with E-state index in [4.69, 9.17) is 5.11 Å². The fourth-order valence-electron chi connectivity index (χ4n) is 3.29. The summed E-state index contributed by atoms with van der Waals surface area (Å²) in [5.41, 5.74) is 0.953. The Morgan fingerprint density at radius 2 is 1.57 bits per heavy atom. The van der Waals surface area contributed by atoms with Crippen molar-refractivity contribution in [3.63, 3.8) is 0 Å². The molecule has 2 fully saturated rings. The van der Waals surface area contributed by atoms with Crippen LogP contribution in [0.25, 0.3) is 0 Å². The molecule has 0 aromatic heterocycles. The Kier molecular flexibility index (Phi) is 4.59. The average molecular weight is 338 g/mol. The maximum Gasteiger partial charge on any atom is 0.306 e. The Morgan fingerprint density at radius 1 is 1.00 bits per heavy atom. The number of carbonyl (C=O) groups is 1. The smallest absolute Gasteiger partial charge is 0.306 e. The highest BCUT2D eigenvalue weighted by molar-refractivity contribution is 7.89. The highest BCUT2D eigenvalue weighted by Crippen LogP contribution is 2.26. The van der Waals surface area contributed by atoms with E-state index in [0.717, 1.165) is 18.5 Å². The van der Waals surface area contributed by atoms with E-state index in [0.29, 0.717) is 43.9 Å². The molecule has 0 atom stereocenters. The van der Waals surface area contributed by atoms with Crippen molar-refractivity contribution >= 4 is 21.7 Å². The molecule has 0 saturated carbocycles. The van der Waals surface area contributed by atoms with E-state index in [-0.39, 0.29) is 5.92 Å². The zero-order chi connectivity index (χ0) is 16.4. The first-order valence-corrected chi connectivity index (χ1v) is 9.50. The molecule has 23 heavy (non-hydrogen) atoms. The average Bonchev–Trinajstić information content (AvgIpc) is 3.10. The van der Waals surface area contributed by atoms with Crippen molar-refractivity contribution in [3.05, 3.63) is 24.3 Å². The van der Waals surface area contributed by atoms with Gasteiger partial charge in [-0.1, -0.05) is 0 Å². The first-order chi connectivity index (χ1) is 11.0. The first kappa shape index (κ1) is 16.3. The van der Waals surface area contributed by atoms with Crippen LogP contribution >= 0.6 is 0 Å². The number of piperidine rings is 1. The number of rotatable bonds is 4. The van der Waals surface area contributed by atoms with Crippen molar-refractivity contribution in [1.82, 2.24) is 4.31 Å². The summed E-state index contributed by atoms with van der Waals surface area (Å²) in [7, 11) is -3.37. The van der Waals surface area contributed by atoms with Gasteiger partial charge in [-0.3, -0.25) is 4.79 Å². The summed E-state index contributed by atoms with van der Waals surface area (Å²) >= 11 is 0. The fraction of sp³-hybridized carbons (Fsp3) is 0.562. The molecule has 126 valence electrons. The predicted molar refractivity (Wildman–Crippen MR) is 87.0 cm³/mol. The molecule has 6 nitrogen and oxygen atoms in total. The lowest BCUT2D eigenvalue weighted by Gasteiger charge is -2.32. The molecule has 0 aliphatic carbocycles. The third-order valence-corrected chi connectivity index (χ3v) is 6.66. The summed E-state index contributed by atoms with van der Waals surface area (Å²) in [5.74, 6) is -0.988. The largest absolute Gasteiger partial charge is 0.481 e. The van der Waals surface area contributed by atoms with E-state index in [1.165, 1.54) is 0 Å². The predicted octanol–water partition coefficient (Wildman–Crippen LogP) is 1.77. The van der Waals surface area contributed by atoms with Crippen molar-refractivity contribution in [2.45, 2.75) is 30.6 Å². The first-order valence-electron chi connectivity index (χ1n) is 8.06. The van der Waals surface area contributed by atoms with E-state index in [1.807, 2.05) is 12.1 Å². The fourth-order valence-corrected chi connectivity index (χ4v) is 4.81. The summed E-state index contributed by atoms with van der Waals surface area (Å²) in [6, 6.07) is 6.96. The van der Waals surface area contributed by atoms with Crippen LogP contribution in [-0.4, -0.2) is 50.0 Å². The lowest BCUT2D eigenvalue weighted by molar-refractivity contribution is -0.142. The van der Waals surface area contributed by atoms with Crippen molar-refractivity contribution in [1.29, 1.82) is 0 Å². The molecule has 7 heteroatoms. The number of hydrogen-bond acceptors (Lipinski definition) is 4. The summed E-state index contributed by atoms with van der Waals surface area (Å²) in [4.78, 5) is 13.4. The van der Waals surface area contributed by atoms with Gasteiger partial charge in [0.1, 0.15) is 0 Å². The van der Waals surface area contributed by atoms with E-state index in [9.17, 15) is 13.2 Å². The number of hydrogen-bond donors (Lipinski definition) is 1. The summed E-state index contributed by atoms with van der Waals surface area (Å²) < 4.78 is 26.5. The molecule has 3 rings (SSSR count). The van der Waals surface area contributed by atoms with Crippen LogP contribution in [0.3, 0.4) is 0 Å². The number of nitrogens with zero attached hydrogens (tertiary/aromatic N) is 2. The molecule has 0 amide bonds. The normalized spacial score (nSPS) is 20.8. The Balaban J connectivity index is 1.69. The molecule has 1 N–H and O–H groups in total. The molecule has 1 aromatic carbocycles. The summed E-state index contributed by atoms with van der Waals surface area (Å²) in [6.45, 7) is 2.59. The molecule has 1 aromatic rings. The molecular weight excluding hydrogens is 316 g/mol. The lowest BCUT2D eigenvalue weighted by atomic mass is 9.97. The minimum Gasteiger partial charge on any atom is -0.481 e. The third kappa shape index (κ3) is 3.35. The minimum absolute atomic E-state index is 0.263. The van der Waals surface area contributed by atoms with Crippen molar-refractivity contribution in [3.8, 4) is 0 Å². The molecule has 2 aliphatic rings. The zero-order valence-electron chi connectivity index (χ0n) is 13.0. The van der Waals surface area contributed by atoms with E-state index in [1.54, 1.807) is 16.4 Å². The highest BCUT2D eigenvalue weighted by Gasteiger charge is 2.28. The lowest BCUT2D eigenvalue weighted by Crippen LogP contribution is -2.36. The monoisotopic (exact) mass is 338 g/mol. The summed E-state index contributed by atoms with van der Waals surface area (Å²) in [5, 5.41) is 9.03. The van der Waals surface area contributed by atoms with Gasteiger partial charge in [-0.2, -0.15) is 4.31 Å². The van der Waals surface area contributed by atoms with Gasteiger partial charge < -0.3 is 10.0 Å². The minimum atomic E-state index is -3.37. The second kappa shape index (κ2) is 6.49. The van der Waals surface area contributed by atoms with Gasteiger partial charge >= 0.3 is 5.97 Å². The number of carboxylic acid groups (broad SMARTS) is 1. The van der Waals surface area contributed by atoms with E-state index >= 15 is 0 Å². The van der Waals surface area contributed by atoms with Gasteiger partial charge in [0.05, 0.1) is 10.8 Å². The maximum atomic E-state index is 12.5. The van der Waals surface area contributed by atoms with Crippen LogP contribution in [0.5, 0.6) is 0 Å². The van der Waals surface area contributed by atoms with Crippen LogP contribution < -0.4 is 4.90 Å². The maximum absolute atomic E-state index is 12.5. The van der Waals surface area contributed by atoms with Gasteiger partial charge in [-0.25, -0.2) is 8.42 Å². The van der Waals surface area contributed by atoms with Gasteiger partial charge in [-0.15, -0.1) is 0 Å². The van der Waals surface area contributed by atoms with Crippen LogP contribution in [0, 0.1) is 5.92 Å². The molecule has 0 spiro atoms. The van der Waals surface area contributed by atoms with E-state index in [2.05, 4.69) is 4.90 Å². The standard InChI is InChI=1S/C16H22N2O4S/c19-16(20)13-7-11-17(12-8-13)14-3-5-15(6-4-14)23(21,22)18-9-1-2-10-18/h3-6,13H,1-2,7-12H2,(H,19,20). The van der Waals surface area contributed by atoms with Crippen LogP contribution in [0.15, 0.2) is 29.2 Å². The van der Waals surface area contributed by atoms with Crippen molar-refractivity contribution in [2.75, 3.05) is 31.1 Å². The number of benzene rings is 1. The quantitative estimate of drug-likeness (QED) is 0.905. The Bertz CT molecular complexity index is 658. The van der Waals surface area contributed by atoms with Crippen molar-refractivity contribution < 1.29 is 18.3 Å². The Morgan fingerprint density at radius 3 is 2.09 bits per heavy atom. The topological polar surface area (TPSA) is 77.9 Å². The van der Waals surface area contributed by atoms with Crippen LogP contribution in [-0.2, 0) is 14.8 Å². The number of sulfonamides is 1. The zero-order valence-corrected chi connectivity index (χ0v) is 13.8. The Labute approximate surface area is 136 Å². The molecule has 2 aliphatic heterocycles. The number of carboxylic acids is 1. The van der Waals surface area contributed by atoms with Gasteiger partial charge in [-0.05, 0) is 49.9 Å². The highest BCUT2D eigenvalue weighted by atomic mass is 32.2. The Hall–Kier alpha value is -1.60. The molecular formula is C16H22N2O4S. The SMILES string of the molecule is O=C(O)C1CCN(c2ccc(S(=O)(=O)N3CCCC3)cc2)CC1. The number of anilines is 1. The van der Waals surface area contributed by atoms with Crippen LogP contribution in [0.2, 0.25) is 0 Å². The number of aliphatic carboxylic acids is 1. The summed E-state index contributed by atoms with van der Waals surface area (Å²) in [6.07, 6.45) is 3.11. The molecule has 0 radical (unpaired) electrons.